The average molecular weight is 598 g/mol. The Hall–Kier alpha value is -2.45. The molecule has 0 saturated carbocycles. The third kappa shape index (κ3) is 7.77. The number of fused-ring (bicyclic) bond motifs is 1. The Balaban J connectivity index is 1.29. The number of aromatic nitrogens is 1. The zero-order valence-electron chi connectivity index (χ0n) is 19.5. The van der Waals surface area contributed by atoms with E-state index < -0.39 is 0 Å². The van der Waals surface area contributed by atoms with Crippen molar-refractivity contribution in [3.63, 3.8) is 0 Å². The fourth-order valence-corrected chi connectivity index (χ4v) is 5.42. The van der Waals surface area contributed by atoms with Gasteiger partial charge in [-0.05, 0) is 67.4 Å². The average Bonchev–Trinajstić information content (AvgIpc) is 2.85. The largest absolute Gasteiger partial charge is 0.371 e. The van der Waals surface area contributed by atoms with Crippen LogP contribution in [0, 0.1) is 0 Å². The second kappa shape index (κ2) is 13.0. The lowest BCUT2D eigenvalue weighted by Crippen LogP contribution is -2.33. The SMILES string of the molecule is O=c1cc(NCCCNC(CNCCc2ccccc2)c2cc(Br)cc(Br)c2)[nH]c2ccccc12. The van der Waals surface area contributed by atoms with Gasteiger partial charge in [0.25, 0.3) is 0 Å². The first-order chi connectivity index (χ1) is 17.1. The maximum Gasteiger partial charge on any atom is 0.191 e. The van der Waals surface area contributed by atoms with E-state index in [4.69, 9.17) is 0 Å². The highest BCUT2D eigenvalue weighted by molar-refractivity contribution is 9.11. The predicted octanol–water partition coefficient (Wildman–Crippen LogP) is 6.02. The first-order valence-electron chi connectivity index (χ1n) is 11.9. The van der Waals surface area contributed by atoms with E-state index in [9.17, 15) is 4.79 Å². The van der Waals surface area contributed by atoms with Crippen LogP contribution < -0.4 is 21.4 Å². The van der Waals surface area contributed by atoms with E-state index in [-0.39, 0.29) is 11.5 Å². The van der Waals surface area contributed by atoms with Crippen LogP contribution in [0.2, 0.25) is 0 Å². The van der Waals surface area contributed by atoms with Crippen LogP contribution in [0.1, 0.15) is 23.6 Å². The first-order valence-corrected chi connectivity index (χ1v) is 13.5. The molecule has 182 valence electrons. The van der Waals surface area contributed by atoms with Gasteiger partial charge in [0.2, 0.25) is 0 Å². The molecule has 0 saturated heterocycles. The van der Waals surface area contributed by atoms with Crippen LogP contribution in [-0.4, -0.2) is 31.2 Å². The van der Waals surface area contributed by atoms with E-state index in [2.05, 4.69) is 101 Å². The molecule has 0 aliphatic heterocycles. The van der Waals surface area contributed by atoms with E-state index in [0.29, 0.717) is 5.39 Å². The number of rotatable bonds is 12. The third-order valence-corrected chi connectivity index (χ3v) is 6.78. The van der Waals surface area contributed by atoms with Gasteiger partial charge < -0.3 is 20.9 Å². The Morgan fingerprint density at radius 2 is 1.57 bits per heavy atom. The van der Waals surface area contributed by atoms with Gasteiger partial charge in [0.05, 0.1) is 5.52 Å². The molecule has 4 N–H and O–H groups in total. The molecular formula is C28H30Br2N4O. The zero-order chi connectivity index (χ0) is 24.5. The molecule has 0 bridgehead atoms. The lowest BCUT2D eigenvalue weighted by molar-refractivity contribution is 0.488. The van der Waals surface area contributed by atoms with Crippen LogP contribution in [-0.2, 0) is 6.42 Å². The molecular weight excluding hydrogens is 568 g/mol. The Bertz CT molecular complexity index is 1270. The number of nitrogens with one attached hydrogen (secondary N) is 4. The van der Waals surface area contributed by atoms with Crippen molar-refractivity contribution in [2.24, 2.45) is 0 Å². The van der Waals surface area contributed by atoms with E-state index in [1.807, 2.05) is 24.3 Å². The summed E-state index contributed by atoms with van der Waals surface area (Å²) in [5, 5.41) is 11.4. The lowest BCUT2D eigenvalue weighted by atomic mass is 10.1. The van der Waals surface area contributed by atoms with E-state index in [0.717, 1.165) is 59.3 Å². The molecule has 1 heterocycles. The Morgan fingerprint density at radius 1 is 0.829 bits per heavy atom. The Morgan fingerprint density at radius 3 is 2.37 bits per heavy atom. The number of para-hydroxylation sites is 1. The molecule has 0 aliphatic rings. The van der Waals surface area contributed by atoms with Crippen molar-refractivity contribution in [1.82, 2.24) is 15.6 Å². The molecule has 0 radical (unpaired) electrons. The van der Waals surface area contributed by atoms with Gasteiger partial charge in [-0.15, -0.1) is 0 Å². The smallest absolute Gasteiger partial charge is 0.191 e. The van der Waals surface area contributed by atoms with Crippen molar-refractivity contribution in [1.29, 1.82) is 0 Å². The molecule has 1 aromatic heterocycles. The second-order valence-electron chi connectivity index (χ2n) is 8.52. The summed E-state index contributed by atoms with van der Waals surface area (Å²) in [6.07, 6.45) is 1.92. The van der Waals surface area contributed by atoms with Crippen molar-refractivity contribution in [2.45, 2.75) is 18.9 Å². The predicted molar refractivity (Wildman–Crippen MR) is 153 cm³/mol. The van der Waals surface area contributed by atoms with Crippen molar-refractivity contribution < 1.29 is 0 Å². The maximum absolute atomic E-state index is 12.3. The summed E-state index contributed by atoms with van der Waals surface area (Å²) in [4.78, 5) is 15.6. The van der Waals surface area contributed by atoms with Gasteiger partial charge in [-0.3, -0.25) is 4.79 Å². The van der Waals surface area contributed by atoms with Gasteiger partial charge in [0.15, 0.2) is 5.43 Å². The minimum atomic E-state index is 0.0295. The van der Waals surface area contributed by atoms with Crippen molar-refractivity contribution in [2.75, 3.05) is 31.5 Å². The first kappa shape index (κ1) is 25.6. The number of benzene rings is 3. The molecule has 0 amide bonds. The Labute approximate surface area is 223 Å². The van der Waals surface area contributed by atoms with Crippen LogP contribution in [0.15, 0.2) is 92.6 Å². The van der Waals surface area contributed by atoms with Crippen LogP contribution >= 0.6 is 31.9 Å². The van der Waals surface area contributed by atoms with Gasteiger partial charge >= 0.3 is 0 Å². The van der Waals surface area contributed by atoms with Gasteiger partial charge in [-0.2, -0.15) is 0 Å². The highest BCUT2D eigenvalue weighted by atomic mass is 79.9. The van der Waals surface area contributed by atoms with Crippen LogP contribution in [0.25, 0.3) is 10.9 Å². The molecule has 1 unspecified atom stereocenters. The molecule has 7 heteroatoms. The molecule has 5 nitrogen and oxygen atoms in total. The monoisotopic (exact) mass is 596 g/mol. The summed E-state index contributed by atoms with van der Waals surface area (Å²) in [6, 6.07) is 26.3. The minimum absolute atomic E-state index is 0.0295. The number of aromatic amines is 1. The highest BCUT2D eigenvalue weighted by Crippen LogP contribution is 2.24. The lowest BCUT2D eigenvalue weighted by Gasteiger charge is -2.21. The summed E-state index contributed by atoms with van der Waals surface area (Å²) >= 11 is 7.24. The maximum atomic E-state index is 12.3. The van der Waals surface area contributed by atoms with Gasteiger partial charge in [-0.25, -0.2) is 0 Å². The van der Waals surface area contributed by atoms with Crippen LogP contribution in [0.3, 0.4) is 0 Å². The van der Waals surface area contributed by atoms with E-state index in [1.54, 1.807) is 6.07 Å². The third-order valence-electron chi connectivity index (χ3n) is 5.87. The van der Waals surface area contributed by atoms with Crippen molar-refractivity contribution in [3.05, 3.63) is 109 Å². The topological polar surface area (TPSA) is 69.0 Å². The summed E-state index contributed by atoms with van der Waals surface area (Å²) in [5.74, 6) is 0.753. The van der Waals surface area contributed by atoms with Gasteiger partial charge in [0, 0.05) is 39.5 Å². The van der Waals surface area contributed by atoms with Crippen molar-refractivity contribution >= 4 is 48.6 Å². The van der Waals surface area contributed by atoms with Crippen LogP contribution in [0.5, 0.6) is 0 Å². The number of halogens is 2. The number of pyridine rings is 1. The molecule has 0 spiro atoms. The number of hydrogen-bond acceptors (Lipinski definition) is 4. The molecule has 3 aromatic carbocycles. The summed E-state index contributed by atoms with van der Waals surface area (Å²) in [6.45, 7) is 3.37. The van der Waals surface area contributed by atoms with Crippen LogP contribution in [0.4, 0.5) is 5.82 Å². The zero-order valence-corrected chi connectivity index (χ0v) is 22.7. The van der Waals surface area contributed by atoms with Gasteiger partial charge in [-0.1, -0.05) is 74.3 Å². The molecule has 0 fully saturated rings. The summed E-state index contributed by atoms with van der Waals surface area (Å²) in [7, 11) is 0. The second-order valence-corrected chi connectivity index (χ2v) is 10.4. The normalized spacial score (nSPS) is 12.1. The number of H-pyrrole nitrogens is 1. The number of anilines is 1. The quantitative estimate of drug-likeness (QED) is 0.151. The molecule has 4 aromatic rings. The fraction of sp³-hybridized carbons (Fsp3) is 0.250. The standard InChI is InChI=1S/C28H30Br2N4O/c29-22-15-21(16-23(30)17-22)26(19-31-14-11-20-7-2-1-3-8-20)32-12-6-13-33-28-18-27(35)24-9-4-5-10-25(24)34-28/h1-5,7-10,15-18,26,31-32H,6,11-14,19H2,(H2,33,34,35). The molecule has 0 aliphatic carbocycles. The summed E-state index contributed by atoms with van der Waals surface area (Å²) < 4.78 is 2.11. The summed E-state index contributed by atoms with van der Waals surface area (Å²) in [5.41, 5.74) is 3.45. The number of hydrogen-bond donors (Lipinski definition) is 4. The molecule has 4 rings (SSSR count). The van der Waals surface area contributed by atoms with E-state index in [1.165, 1.54) is 11.1 Å². The molecule has 1 atom stereocenters. The van der Waals surface area contributed by atoms with Crippen molar-refractivity contribution in [3.8, 4) is 0 Å². The van der Waals surface area contributed by atoms with Gasteiger partial charge in [0.1, 0.15) is 5.82 Å². The highest BCUT2D eigenvalue weighted by Gasteiger charge is 2.12. The Kier molecular flexibility index (Phi) is 9.54. The minimum Gasteiger partial charge on any atom is -0.371 e. The van der Waals surface area contributed by atoms with E-state index >= 15 is 0 Å². The fourth-order valence-electron chi connectivity index (χ4n) is 4.09. The molecule has 35 heavy (non-hydrogen) atoms.